The monoisotopic (exact) mass is 701 g/mol. The topological polar surface area (TPSA) is 3.24 Å². The highest BCUT2D eigenvalue weighted by molar-refractivity contribution is 5.97. The lowest BCUT2D eigenvalue weighted by molar-refractivity contribution is 0.613. The minimum atomic E-state index is -1.15. The Morgan fingerprint density at radius 1 is 0.315 bits per heavy atom. The molecule has 4 heteroatoms. The van der Waals surface area contributed by atoms with E-state index in [2.05, 4.69) is 132 Å². The molecule has 0 amide bonds. The van der Waals surface area contributed by atoms with Crippen molar-refractivity contribution < 1.29 is 13.2 Å². The quantitative estimate of drug-likeness (QED) is 0.177. The van der Waals surface area contributed by atoms with Gasteiger partial charge in [-0.25, -0.2) is 13.2 Å². The number of para-hydroxylation sites is 2. The second-order valence-corrected chi connectivity index (χ2v) is 14.4. The number of hydrogen-bond donors (Lipinski definition) is 0. The van der Waals surface area contributed by atoms with E-state index < -0.39 is 28.3 Å². The summed E-state index contributed by atoms with van der Waals surface area (Å²) in [6, 6.07) is 59.1. The Kier molecular flexibility index (Phi) is 6.40. The molecule has 1 aliphatic heterocycles. The van der Waals surface area contributed by atoms with Gasteiger partial charge in [-0.05, 0) is 127 Å². The summed E-state index contributed by atoms with van der Waals surface area (Å²) >= 11 is 0. The largest absolute Gasteiger partial charge is 0.310 e. The smallest absolute Gasteiger partial charge is 0.123 e. The van der Waals surface area contributed by atoms with Gasteiger partial charge in [0.15, 0.2) is 0 Å². The van der Waals surface area contributed by atoms with Crippen LogP contribution in [-0.4, -0.2) is 0 Å². The van der Waals surface area contributed by atoms with Crippen molar-refractivity contribution in [3.05, 3.63) is 244 Å². The summed E-state index contributed by atoms with van der Waals surface area (Å²) in [7, 11) is 0. The maximum Gasteiger partial charge on any atom is 0.123 e. The molecular weight excluding hydrogens is 672 g/mol. The molecule has 0 aromatic heterocycles. The van der Waals surface area contributed by atoms with Gasteiger partial charge in [-0.3, -0.25) is 0 Å². The Hall–Kier alpha value is -6.65. The third-order valence-corrected chi connectivity index (χ3v) is 11.9. The summed E-state index contributed by atoms with van der Waals surface area (Å²) in [4.78, 5) is 2.31. The van der Waals surface area contributed by atoms with Crippen molar-refractivity contribution in [2.75, 3.05) is 4.90 Å². The van der Waals surface area contributed by atoms with E-state index in [-0.39, 0.29) is 0 Å². The molecule has 2 aliphatic carbocycles. The predicted octanol–water partition coefficient (Wildman–Crippen LogP) is 12.6. The summed E-state index contributed by atoms with van der Waals surface area (Å²) < 4.78 is 46.3. The fourth-order valence-electron chi connectivity index (χ4n) is 9.96. The molecule has 54 heavy (non-hydrogen) atoms. The third kappa shape index (κ3) is 3.89. The minimum absolute atomic E-state index is 0.402. The fraction of sp³-hybridized carbons (Fsp3) is 0.0400. The first-order chi connectivity index (χ1) is 26.5. The summed E-state index contributed by atoms with van der Waals surface area (Å²) in [5.74, 6) is -1.21. The lowest BCUT2D eigenvalue weighted by Gasteiger charge is -2.46. The Bertz CT molecular complexity index is 2660. The van der Waals surface area contributed by atoms with Crippen molar-refractivity contribution >= 4 is 17.1 Å². The summed E-state index contributed by atoms with van der Waals surface area (Å²) in [6.45, 7) is 0. The zero-order valence-electron chi connectivity index (χ0n) is 28.9. The Labute approximate surface area is 311 Å². The second-order valence-electron chi connectivity index (χ2n) is 14.4. The van der Waals surface area contributed by atoms with E-state index in [1.807, 2.05) is 0 Å². The molecule has 0 atom stereocenters. The molecule has 11 rings (SSSR count). The third-order valence-electron chi connectivity index (χ3n) is 11.9. The van der Waals surface area contributed by atoms with Crippen molar-refractivity contribution in [2.45, 2.75) is 10.8 Å². The molecule has 1 nitrogen and oxygen atoms in total. The number of anilines is 3. The van der Waals surface area contributed by atoms with E-state index in [1.165, 1.54) is 18.2 Å². The highest BCUT2D eigenvalue weighted by atomic mass is 19.1. The fourth-order valence-corrected chi connectivity index (χ4v) is 9.96. The van der Waals surface area contributed by atoms with Gasteiger partial charge in [-0.1, -0.05) is 121 Å². The summed E-state index contributed by atoms with van der Waals surface area (Å²) in [5.41, 5.74) is 12.0. The van der Waals surface area contributed by atoms with E-state index in [4.69, 9.17) is 0 Å². The molecule has 8 aromatic carbocycles. The average molecular weight is 702 g/mol. The Morgan fingerprint density at radius 2 is 0.685 bits per heavy atom. The SMILES string of the molecule is Fc1ccc2c(c1)C1(c3cc(F)ccc3-2)c2cc(F)ccc2-c2ccc(N3c4ccccc4C(c4ccccc4)(c4ccccc4)c4ccccc43)cc21. The number of hydrogen-bond acceptors (Lipinski definition) is 1. The maximum absolute atomic E-state index is 15.4. The van der Waals surface area contributed by atoms with Crippen molar-refractivity contribution in [1.82, 2.24) is 0 Å². The lowest BCUT2D eigenvalue weighted by atomic mass is 9.62. The first-order valence-corrected chi connectivity index (χ1v) is 18.2. The molecule has 256 valence electrons. The molecule has 0 N–H and O–H groups in total. The van der Waals surface area contributed by atoms with Gasteiger partial charge in [0.25, 0.3) is 0 Å². The first kappa shape index (κ1) is 30.9. The van der Waals surface area contributed by atoms with Crippen LogP contribution in [-0.2, 0) is 10.8 Å². The molecular formula is C50H30F3N. The van der Waals surface area contributed by atoms with Crippen molar-refractivity contribution in [3.63, 3.8) is 0 Å². The summed E-state index contributed by atoms with van der Waals surface area (Å²) in [5, 5.41) is 0. The minimum Gasteiger partial charge on any atom is -0.310 e. The summed E-state index contributed by atoms with van der Waals surface area (Å²) in [6.07, 6.45) is 0. The normalized spacial score (nSPS) is 14.8. The Balaban J connectivity index is 1.23. The zero-order chi connectivity index (χ0) is 36.2. The second kappa shape index (κ2) is 11.2. The number of rotatable bonds is 3. The molecule has 0 fully saturated rings. The Morgan fingerprint density at radius 3 is 1.13 bits per heavy atom. The number of benzene rings is 8. The molecule has 0 unspecified atom stereocenters. The zero-order valence-corrected chi connectivity index (χ0v) is 28.9. The van der Waals surface area contributed by atoms with Crippen molar-refractivity contribution in [1.29, 1.82) is 0 Å². The molecule has 0 radical (unpaired) electrons. The molecule has 1 heterocycles. The molecule has 8 aromatic rings. The van der Waals surface area contributed by atoms with Crippen LogP contribution in [0.1, 0.15) is 44.5 Å². The van der Waals surface area contributed by atoms with E-state index in [0.717, 1.165) is 67.1 Å². The van der Waals surface area contributed by atoms with Crippen LogP contribution in [0.3, 0.4) is 0 Å². The van der Waals surface area contributed by atoms with Gasteiger partial charge in [0.05, 0.1) is 22.2 Å². The van der Waals surface area contributed by atoms with E-state index >= 15 is 13.2 Å². The number of fused-ring (bicyclic) bond motifs is 12. The van der Waals surface area contributed by atoms with Gasteiger partial charge >= 0.3 is 0 Å². The van der Waals surface area contributed by atoms with Crippen LogP contribution in [0.4, 0.5) is 30.2 Å². The van der Waals surface area contributed by atoms with Gasteiger partial charge in [-0.2, -0.15) is 0 Å². The standard InChI is InChI=1S/C50H30F3N/c51-33-19-23-37-38-24-20-34(52)28-44(38)50(43(37)27-33)45-29-35(53)21-25-39(45)40-26-22-36(30-46(40)50)54-47-17-9-7-15-41(47)49(31-11-3-1-4-12-31,32-13-5-2-6-14-32)42-16-8-10-18-48(42)54/h1-30H. The lowest BCUT2D eigenvalue weighted by Crippen LogP contribution is -2.37. The van der Waals surface area contributed by atoms with Crippen LogP contribution in [0.15, 0.2) is 182 Å². The van der Waals surface area contributed by atoms with Crippen LogP contribution in [0.5, 0.6) is 0 Å². The van der Waals surface area contributed by atoms with Crippen LogP contribution in [0.2, 0.25) is 0 Å². The van der Waals surface area contributed by atoms with Crippen LogP contribution < -0.4 is 4.90 Å². The van der Waals surface area contributed by atoms with E-state index in [1.54, 1.807) is 36.4 Å². The highest BCUT2D eigenvalue weighted by Crippen LogP contribution is 2.64. The van der Waals surface area contributed by atoms with Crippen LogP contribution in [0.25, 0.3) is 22.3 Å². The maximum atomic E-state index is 15.4. The van der Waals surface area contributed by atoms with Crippen LogP contribution >= 0.6 is 0 Å². The van der Waals surface area contributed by atoms with Gasteiger partial charge in [0.1, 0.15) is 17.5 Å². The van der Waals surface area contributed by atoms with Crippen LogP contribution in [0, 0.1) is 17.5 Å². The first-order valence-electron chi connectivity index (χ1n) is 18.2. The van der Waals surface area contributed by atoms with Gasteiger partial charge in [0.2, 0.25) is 0 Å². The van der Waals surface area contributed by atoms with Gasteiger partial charge < -0.3 is 4.90 Å². The van der Waals surface area contributed by atoms with E-state index in [0.29, 0.717) is 16.7 Å². The molecule has 3 aliphatic rings. The van der Waals surface area contributed by atoms with Crippen molar-refractivity contribution in [2.24, 2.45) is 0 Å². The van der Waals surface area contributed by atoms with Gasteiger partial charge in [-0.15, -0.1) is 0 Å². The predicted molar refractivity (Wildman–Crippen MR) is 209 cm³/mol. The van der Waals surface area contributed by atoms with E-state index in [9.17, 15) is 0 Å². The van der Waals surface area contributed by atoms with Crippen molar-refractivity contribution in [3.8, 4) is 22.3 Å². The van der Waals surface area contributed by atoms with Gasteiger partial charge in [0, 0.05) is 5.69 Å². The molecule has 0 saturated carbocycles. The molecule has 1 spiro atoms. The highest BCUT2D eigenvalue weighted by Gasteiger charge is 2.53. The molecule has 0 saturated heterocycles. The number of halogens is 3. The number of nitrogens with zero attached hydrogens (tertiary/aromatic N) is 1. The molecule has 0 bridgehead atoms. The average Bonchev–Trinajstić information content (AvgIpc) is 3.65.